The fourth-order valence-electron chi connectivity index (χ4n) is 2.51. The lowest BCUT2D eigenvalue weighted by molar-refractivity contribution is 0.172. The van der Waals surface area contributed by atoms with Crippen molar-refractivity contribution in [3.8, 4) is 0 Å². The summed E-state index contributed by atoms with van der Waals surface area (Å²) in [6, 6.07) is 8.62. The van der Waals surface area contributed by atoms with Gasteiger partial charge in [0.2, 0.25) is 0 Å². The third-order valence-corrected chi connectivity index (χ3v) is 4.30. The Balaban J connectivity index is 1.75. The van der Waals surface area contributed by atoms with Gasteiger partial charge in [-0.25, -0.2) is 0 Å². The van der Waals surface area contributed by atoms with E-state index < -0.39 is 0 Å². The SMILES string of the molecule is COCCNC(=S)N1CCN(Cc2ccccc2C)CC1. The highest BCUT2D eigenvalue weighted by atomic mass is 32.1. The fourth-order valence-corrected chi connectivity index (χ4v) is 2.79. The van der Waals surface area contributed by atoms with Crippen molar-refractivity contribution < 1.29 is 4.74 Å². The van der Waals surface area contributed by atoms with Crippen molar-refractivity contribution in [2.24, 2.45) is 0 Å². The van der Waals surface area contributed by atoms with E-state index in [9.17, 15) is 0 Å². The number of methoxy groups -OCH3 is 1. The smallest absolute Gasteiger partial charge is 0.169 e. The van der Waals surface area contributed by atoms with Gasteiger partial charge in [-0.05, 0) is 30.3 Å². The molecule has 0 saturated carbocycles. The number of benzene rings is 1. The van der Waals surface area contributed by atoms with Crippen molar-refractivity contribution in [1.82, 2.24) is 15.1 Å². The van der Waals surface area contributed by atoms with Gasteiger partial charge < -0.3 is 15.0 Å². The molecule has 1 aromatic rings. The maximum atomic E-state index is 5.42. The molecule has 1 fully saturated rings. The lowest BCUT2D eigenvalue weighted by atomic mass is 10.1. The first kappa shape index (κ1) is 16.2. The van der Waals surface area contributed by atoms with Gasteiger partial charge in [-0.15, -0.1) is 0 Å². The number of ether oxygens (including phenoxy) is 1. The van der Waals surface area contributed by atoms with E-state index in [1.54, 1.807) is 7.11 Å². The van der Waals surface area contributed by atoms with Crippen LogP contribution in [0.25, 0.3) is 0 Å². The topological polar surface area (TPSA) is 27.7 Å². The Bertz CT molecular complexity index is 459. The first-order chi connectivity index (χ1) is 10.2. The molecule has 4 nitrogen and oxygen atoms in total. The zero-order valence-corrected chi connectivity index (χ0v) is 13.8. The minimum atomic E-state index is 0.688. The predicted octanol–water partition coefficient (Wildman–Crippen LogP) is 1.63. The van der Waals surface area contributed by atoms with Gasteiger partial charge in [-0.2, -0.15) is 0 Å². The number of aryl methyl sites for hydroxylation is 1. The van der Waals surface area contributed by atoms with Crippen LogP contribution in [0.1, 0.15) is 11.1 Å². The molecule has 1 aromatic carbocycles. The summed E-state index contributed by atoms with van der Waals surface area (Å²) in [6.45, 7) is 8.77. The summed E-state index contributed by atoms with van der Waals surface area (Å²) in [7, 11) is 1.70. The van der Waals surface area contributed by atoms with Crippen molar-refractivity contribution in [2.45, 2.75) is 13.5 Å². The molecule has 0 aromatic heterocycles. The zero-order valence-electron chi connectivity index (χ0n) is 13.0. The van der Waals surface area contributed by atoms with E-state index in [1.807, 2.05) is 0 Å². The van der Waals surface area contributed by atoms with Crippen LogP contribution in [0.3, 0.4) is 0 Å². The molecule has 0 amide bonds. The average Bonchev–Trinajstić information content (AvgIpc) is 2.50. The van der Waals surface area contributed by atoms with Crippen LogP contribution in [0.15, 0.2) is 24.3 Å². The van der Waals surface area contributed by atoms with Crippen LogP contribution in [0.2, 0.25) is 0 Å². The molecule has 0 aliphatic carbocycles. The standard InChI is InChI=1S/C16H25N3OS/c1-14-5-3-4-6-15(14)13-18-8-10-19(11-9-18)16(21)17-7-12-20-2/h3-6H,7-13H2,1-2H3,(H,17,21). The largest absolute Gasteiger partial charge is 0.383 e. The van der Waals surface area contributed by atoms with Crippen LogP contribution in [0.5, 0.6) is 0 Å². The van der Waals surface area contributed by atoms with E-state index in [1.165, 1.54) is 11.1 Å². The quantitative estimate of drug-likeness (QED) is 0.659. The molecule has 1 saturated heterocycles. The normalized spacial score (nSPS) is 16.0. The van der Waals surface area contributed by atoms with Crippen LogP contribution in [-0.2, 0) is 11.3 Å². The van der Waals surface area contributed by atoms with Crippen LogP contribution < -0.4 is 5.32 Å². The summed E-state index contributed by atoms with van der Waals surface area (Å²) in [4.78, 5) is 4.75. The Morgan fingerprint density at radius 3 is 2.62 bits per heavy atom. The number of thiocarbonyl (C=S) groups is 1. The maximum Gasteiger partial charge on any atom is 0.169 e. The number of piperazine rings is 1. The summed E-state index contributed by atoms with van der Waals surface area (Å²) in [5.74, 6) is 0. The van der Waals surface area contributed by atoms with Gasteiger partial charge in [0.15, 0.2) is 5.11 Å². The lowest BCUT2D eigenvalue weighted by Crippen LogP contribution is -2.51. The van der Waals surface area contributed by atoms with Crippen LogP contribution >= 0.6 is 12.2 Å². The van der Waals surface area contributed by atoms with Crippen molar-refractivity contribution in [2.75, 3.05) is 46.4 Å². The molecular weight excluding hydrogens is 282 g/mol. The Hall–Kier alpha value is -1.17. The average molecular weight is 307 g/mol. The first-order valence-electron chi connectivity index (χ1n) is 7.49. The highest BCUT2D eigenvalue weighted by Gasteiger charge is 2.18. The van der Waals surface area contributed by atoms with Crippen molar-refractivity contribution in [1.29, 1.82) is 0 Å². The second-order valence-electron chi connectivity index (χ2n) is 5.41. The summed E-state index contributed by atoms with van der Waals surface area (Å²) in [6.07, 6.45) is 0. The molecule has 1 aliphatic rings. The van der Waals surface area contributed by atoms with Gasteiger partial charge in [-0.3, -0.25) is 4.90 Å². The Labute approximate surface area is 133 Å². The van der Waals surface area contributed by atoms with Crippen molar-refractivity contribution in [3.63, 3.8) is 0 Å². The van der Waals surface area contributed by atoms with Gasteiger partial charge in [0.05, 0.1) is 6.61 Å². The predicted molar refractivity (Wildman–Crippen MR) is 90.5 cm³/mol. The monoisotopic (exact) mass is 307 g/mol. The van der Waals surface area contributed by atoms with E-state index in [-0.39, 0.29) is 0 Å². The maximum absolute atomic E-state index is 5.42. The van der Waals surface area contributed by atoms with E-state index in [0.717, 1.165) is 44.4 Å². The van der Waals surface area contributed by atoms with E-state index in [4.69, 9.17) is 17.0 Å². The van der Waals surface area contributed by atoms with E-state index >= 15 is 0 Å². The number of nitrogens with zero attached hydrogens (tertiary/aromatic N) is 2. The number of rotatable bonds is 5. The molecule has 21 heavy (non-hydrogen) atoms. The molecule has 1 aliphatic heterocycles. The summed E-state index contributed by atoms with van der Waals surface area (Å²) >= 11 is 5.42. The van der Waals surface area contributed by atoms with Crippen molar-refractivity contribution in [3.05, 3.63) is 35.4 Å². The molecule has 0 bridgehead atoms. The molecule has 0 atom stereocenters. The summed E-state index contributed by atoms with van der Waals surface area (Å²) in [5.41, 5.74) is 2.79. The molecule has 0 spiro atoms. The third-order valence-electron chi connectivity index (χ3n) is 3.90. The van der Waals surface area contributed by atoms with Gasteiger partial charge in [0.1, 0.15) is 0 Å². The van der Waals surface area contributed by atoms with E-state index in [0.29, 0.717) is 6.61 Å². The van der Waals surface area contributed by atoms with Gasteiger partial charge >= 0.3 is 0 Å². The summed E-state index contributed by atoms with van der Waals surface area (Å²) < 4.78 is 5.03. The number of hydrogen-bond acceptors (Lipinski definition) is 3. The second kappa shape index (κ2) is 8.32. The Morgan fingerprint density at radius 2 is 1.95 bits per heavy atom. The molecule has 5 heteroatoms. The Kier molecular flexibility index (Phi) is 6.42. The molecule has 0 radical (unpaired) electrons. The fraction of sp³-hybridized carbons (Fsp3) is 0.562. The minimum Gasteiger partial charge on any atom is -0.383 e. The molecule has 1 heterocycles. The molecule has 1 N–H and O–H groups in total. The second-order valence-corrected chi connectivity index (χ2v) is 5.80. The van der Waals surface area contributed by atoms with Gasteiger partial charge in [0.25, 0.3) is 0 Å². The molecule has 0 unspecified atom stereocenters. The molecular formula is C16H25N3OS. The number of nitrogens with one attached hydrogen (secondary N) is 1. The van der Waals surface area contributed by atoms with Crippen molar-refractivity contribution >= 4 is 17.3 Å². The van der Waals surface area contributed by atoms with Crippen LogP contribution in [-0.4, -0.2) is 61.4 Å². The first-order valence-corrected chi connectivity index (χ1v) is 7.90. The number of hydrogen-bond donors (Lipinski definition) is 1. The van der Waals surface area contributed by atoms with E-state index in [2.05, 4.69) is 46.3 Å². The molecule has 116 valence electrons. The van der Waals surface area contributed by atoms with Gasteiger partial charge in [-0.1, -0.05) is 24.3 Å². The summed E-state index contributed by atoms with van der Waals surface area (Å²) in [5, 5.41) is 4.09. The van der Waals surface area contributed by atoms with Crippen LogP contribution in [0.4, 0.5) is 0 Å². The molecule has 2 rings (SSSR count). The minimum absolute atomic E-state index is 0.688. The lowest BCUT2D eigenvalue weighted by Gasteiger charge is -2.36. The van der Waals surface area contributed by atoms with Crippen LogP contribution in [0, 0.1) is 6.92 Å². The Morgan fingerprint density at radius 1 is 1.24 bits per heavy atom. The highest BCUT2D eigenvalue weighted by Crippen LogP contribution is 2.12. The third kappa shape index (κ3) is 4.95. The van der Waals surface area contributed by atoms with Gasteiger partial charge in [0, 0.05) is 46.4 Å². The zero-order chi connectivity index (χ0) is 15.1. The highest BCUT2D eigenvalue weighted by molar-refractivity contribution is 7.80.